The zero-order valence-corrected chi connectivity index (χ0v) is 21.9. The minimum absolute atomic E-state index is 0.0562. The van der Waals surface area contributed by atoms with E-state index in [-0.39, 0.29) is 42.5 Å². The summed E-state index contributed by atoms with van der Waals surface area (Å²) in [4.78, 5) is 0. The van der Waals surface area contributed by atoms with Crippen molar-refractivity contribution in [1.29, 1.82) is 0 Å². The van der Waals surface area contributed by atoms with Crippen LogP contribution in [0.2, 0.25) is 0 Å². The van der Waals surface area contributed by atoms with Crippen LogP contribution in [0.25, 0.3) is 0 Å². The van der Waals surface area contributed by atoms with Gasteiger partial charge in [0, 0.05) is 41.5 Å². The molecule has 0 aromatic carbocycles. The van der Waals surface area contributed by atoms with Gasteiger partial charge in [-0.2, -0.15) is 0 Å². The fourth-order valence-corrected chi connectivity index (χ4v) is 5.38. The number of aliphatic hydroxyl groups excluding tert-OH is 1. The summed E-state index contributed by atoms with van der Waals surface area (Å²) in [5.74, 6) is 1.39. The van der Waals surface area contributed by atoms with Gasteiger partial charge in [0.05, 0.1) is 12.2 Å². The first-order chi connectivity index (χ1) is 15.8. The fourth-order valence-electron chi connectivity index (χ4n) is 5.38. The number of allylic oxidation sites excluding steroid dienone is 2. The molecule has 0 unspecified atom stereocenters. The molecule has 2 aliphatic rings. The summed E-state index contributed by atoms with van der Waals surface area (Å²) in [5, 5.41) is 10.9. The third-order valence-electron chi connectivity index (χ3n) is 7.60. The maximum atomic E-state index is 10.9. The molecule has 33 heavy (non-hydrogen) atoms. The Morgan fingerprint density at radius 2 is 1.61 bits per heavy atom. The number of hydrogen-bond acceptors (Lipinski definition) is 7. The van der Waals surface area contributed by atoms with Gasteiger partial charge >= 0.3 is 0 Å². The monoisotopic (exact) mass is 470 g/mol. The van der Waals surface area contributed by atoms with E-state index >= 15 is 0 Å². The van der Waals surface area contributed by atoms with Crippen molar-refractivity contribution in [2.24, 2.45) is 23.7 Å². The normalized spacial score (nSPS) is 36.5. The third kappa shape index (κ3) is 6.66. The van der Waals surface area contributed by atoms with Gasteiger partial charge in [0.1, 0.15) is 24.4 Å². The van der Waals surface area contributed by atoms with Gasteiger partial charge < -0.3 is 33.5 Å². The first-order valence-corrected chi connectivity index (χ1v) is 12.1. The summed E-state index contributed by atoms with van der Waals surface area (Å²) in [6.45, 7) is 8.47. The van der Waals surface area contributed by atoms with E-state index in [1.54, 1.807) is 35.5 Å². The first kappa shape index (κ1) is 28.4. The van der Waals surface area contributed by atoms with Gasteiger partial charge in [0.15, 0.2) is 6.29 Å². The van der Waals surface area contributed by atoms with Gasteiger partial charge in [-0.15, -0.1) is 0 Å². The molecule has 192 valence electrons. The minimum Gasteiger partial charge on any atom is -0.392 e. The largest absolute Gasteiger partial charge is 0.392 e. The maximum Gasteiger partial charge on any atom is 0.186 e. The molecule has 0 radical (unpaired) electrons. The Bertz CT molecular complexity index is 632. The second kappa shape index (κ2) is 13.3. The molecule has 1 heterocycles. The van der Waals surface area contributed by atoms with Gasteiger partial charge in [-0.1, -0.05) is 39.0 Å². The molecule has 0 amide bonds. The Hall–Kier alpha value is -0.800. The number of rotatable bonds is 13. The average molecular weight is 471 g/mol. The van der Waals surface area contributed by atoms with Gasteiger partial charge in [0.25, 0.3) is 0 Å². The molecule has 7 nitrogen and oxygen atoms in total. The molecule has 7 heteroatoms. The van der Waals surface area contributed by atoms with Crippen LogP contribution in [0.3, 0.4) is 0 Å². The number of hydrogen-bond donors (Lipinski definition) is 1. The molecule has 0 bridgehead atoms. The van der Waals surface area contributed by atoms with E-state index < -0.39 is 6.29 Å². The van der Waals surface area contributed by atoms with Crippen LogP contribution in [0.15, 0.2) is 23.8 Å². The van der Waals surface area contributed by atoms with Crippen molar-refractivity contribution < 1.29 is 33.5 Å². The highest BCUT2D eigenvalue weighted by Crippen LogP contribution is 2.49. The fraction of sp³-hybridized carbons (Fsp3) is 0.846. The Balaban J connectivity index is 2.02. The zero-order valence-electron chi connectivity index (χ0n) is 21.9. The quantitative estimate of drug-likeness (QED) is 0.412. The first-order valence-electron chi connectivity index (χ1n) is 12.1. The Kier molecular flexibility index (Phi) is 11.5. The molecule has 1 N–H and O–H groups in total. The molecule has 11 atom stereocenters. The lowest BCUT2D eigenvalue weighted by Crippen LogP contribution is -2.60. The highest BCUT2D eigenvalue weighted by atomic mass is 16.7. The van der Waals surface area contributed by atoms with Crippen LogP contribution in [0.5, 0.6) is 0 Å². The summed E-state index contributed by atoms with van der Waals surface area (Å²) in [5.41, 5.74) is 0.988. The molecule has 0 aromatic heterocycles. The lowest BCUT2D eigenvalue weighted by atomic mass is 9.91. The molecule has 1 aliphatic carbocycles. The molecular weight excluding hydrogens is 424 g/mol. The Labute approximate surface area is 200 Å². The second-order valence-electron chi connectivity index (χ2n) is 9.51. The van der Waals surface area contributed by atoms with Gasteiger partial charge in [0.2, 0.25) is 0 Å². The van der Waals surface area contributed by atoms with Crippen molar-refractivity contribution in [3.8, 4) is 0 Å². The molecule has 1 saturated carbocycles. The summed E-state index contributed by atoms with van der Waals surface area (Å²) in [7, 11) is 8.27. The van der Waals surface area contributed by atoms with Crippen molar-refractivity contribution in [3.05, 3.63) is 23.8 Å². The van der Waals surface area contributed by atoms with E-state index in [9.17, 15) is 5.11 Å². The number of ether oxygens (including phenoxy) is 6. The van der Waals surface area contributed by atoms with E-state index in [1.807, 2.05) is 19.1 Å². The predicted molar refractivity (Wildman–Crippen MR) is 128 cm³/mol. The summed E-state index contributed by atoms with van der Waals surface area (Å²) >= 11 is 0. The number of methoxy groups -OCH3 is 5. The van der Waals surface area contributed by atoms with Crippen LogP contribution < -0.4 is 0 Å². The molecule has 2 rings (SSSR count). The van der Waals surface area contributed by atoms with Crippen molar-refractivity contribution >= 4 is 0 Å². The lowest BCUT2D eigenvalue weighted by molar-refractivity contribution is -0.295. The molecular formula is C26H46O7. The minimum atomic E-state index is -0.558. The molecule has 2 fully saturated rings. The van der Waals surface area contributed by atoms with Gasteiger partial charge in [-0.3, -0.25) is 0 Å². The lowest BCUT2D eigenvalue weighted by Gasteiger charge is -2.44. The van der Waals surface area contributed by atoms with E-state index in [2.05, 4.69) is 26.8 Å². The van der Waals surface area contributed by atoms with E-state index in [4.69, 9.17) is 28.4 Å². The third-order valence-corrected chi connectivity index (χ3v) is 7.60. The highest BCUT2D eigenvalue weighted by molar-refractivity contribution is 5.19. The van der Waals surface area contributed by atoms with Gasteiger partial charge in [-0.05, 0) is 43.1 Å². The Morgan fingerprint density at radius 3 is 2.12 bits per heavy atom. The van der Waals surface area contributed by atoms with Crippen molar-refractivity contribution in [2.45, 2.75) is 83.5 Å². The van der Waals surface area contributed by atoms with Crippen LogP contribution in [-0.2, 0) is 28.4 Å². The van der Waals surface area contributed by atoms with Crippen molar-refractivity contribution in [1.82, 2.24) is 0 Å². The summed E-state index contributed by atoms with van der Waals surface area (Å²) in [6.07, 6.45) is 6.10. The van der Waals surface area contributed by atoms with Crippen molar-refractivity contribution in [3.63, 3.8) is 0 Å². The van der Waals surface area contributed by atoms with Crippen LogP contribution in [0.1, 0.15) is 40.5 Å². The highest BCUT2D eigenvalue weighted by Gasteiger charge is 2.49. The van der Waals surface area contributed by atoms with Crippen LogP contribution in [0.4, 0.5) is 0 Å². The van der Waals surface area contributed by atoms with Gasteiger partial charge in [-0.25, -0.2) is 0 Å². The van der Waals surface area contributed by atoms with Crippen LogP contribution in [0, 0.1) is 23.7 Å². The molecule has 0 aromatic rings. The van der Waals surface area contributed by atoms with E-state index in [1.165, 1.54) is 0 Å². The van der Waals surface area contributed by atoms with Crippen molar-refractivity contribution in [2.75, 3.05) is 35.5 Å². The predicted octanol–water partition coefficient (Wildman–Crippen LogP) is 3.60. The van der Waals surface area contributed by atoms with E-state index in [0.717, 1.165) is 18.4 Å². The van der Waals surface area contributed by atoms with E-state index in [0.29, 0.717) is 17.8 Å². The summed E-state index contributed by atoms with van der Waals surface area (Å²) < 4.78 is 34.2. The standard InChI is InChI=1S/C26H46O7/c1-10-20(28-5)17(4)18-14-19(18)21(27)15(2)12-11-13-16(3)22-23(29-6)24(30-7)25(31-8)26(32-9)33-22/h11-13,15,17-27H,10,14H2,1-9H3/b12-11+,16-13+/t15-,17-,18+,19-,20-,21-,22+,23+,24-,25+,26-/m0/s1. The Morgan fingerprint density at radius 1 is 0.970 bits per heavy atom. The molecule has 1 aliphatic heterocycles. The van der Waals surface area contributed by atoms with Crippen LogP contribution >= 0.6 is 0 Å². The number of aliphatic hydroxyl groups is 1. The van der Waals surface area contributed by atoms with Crippen LogP contribution in [-0.4, -0.2) is 83.6 Å². The molecule has 0 spiro atoms. The summed E-state index contributed by atoms with van der Waals surface area (Å²) in [6, 6.07) is 0. The average Bonchev–Trinajstić information content (AvgIpc) is 3.63. The topological polar surface area (TPSA) is 75.6 Å². The zero-order chi connectivity index (χ0) is 24.7. The molecule has 1 saturated heterocycles. The maximum absolute atomic E-state index is 10.9. The SMILES string of the molecule is CC[C@H](OC)[C@@H](C)[C@H]1C[C@@H]1[C@@H](O)[C@@H](C)/C=C/C=C(\C)[C@H]1O[C@H](OC)[C@H](OC)[C@@H](OC)[C@@H]1OC. The second-order valence-corrected chi connectivity index (χ2v) is 9.51. The smallest absolute Gasteiger partial charge is 0.186 e.